The molecule has 0 bridgehead atoms. The van der Waals surface area contributed by atoms with Crippen LogP contribution < -0.4 is 0 Å². The Morgan fingerprint density at radius 1 is 1.47 bits per heavy atom. The lowest BCUT2D eigenvalue weighted by Crippen LogP contribution is -2.38. The molecular formula is C11H13ClO3. The summed E-state index contributed by atoms with van der Waals surface area (Å²) in [6.45, 7) is 1.42. The Morgan fingerprint density at radius 2 is 2.00 bits per heavy atom. The van der Waals surface area contributed by atoms with Crippen LogP contribution in [0.5, 0.6) is 0 Å². The number of ether oxygens (including phenoxy) is 1. The summed E-state index contributed by atoms with van der Waals surface area (Å²) in [5.41, 5.74) is -0.669. The second-order valence-corrected chi connectivity index (χ2v) is 4.01. The van der Waals surface area contributed by atoms with Crippen LogP contribution in [-0.2, 0) is 16.0 Å². The molecule has 1 rings (SSSR count). The molecule has 82 valence electrons. The van der Waals surface area contributed by atoms with E-state index in [-0.39, 0.29) is 6.42 Å². The van der Waals surface area contributed by atoms with Crippen LogP contribution in [-0.4, -0.2) is 23.8 Å². The van der Waals surface area contributed by atoms with E-state index in [1.807, 2.05) is 0 Å². The Kier molecular flexibility index (Phi) is 3.72. The van der Waals surface area contributed by atoms with E-state index >= 15 is 0 Å². The summed E-state index contributed by atoms with van der Waals surface area (Å²) in [6.07, 6.45) is 0.205. The van der Waals surface area contributed by atoms with Gasteiger partial charge in [-0.2, -0.15) is 0 Å². The van der Waals surface area contributed by atoms with Gasteiger partial charge in [0.15, 0.2) is 5.60 Å². The molecule has 4 heteroatoms. The Balaban J connectivity index is 2.77. The molecule has 1 unspecified atom stereocenters. The summed E-state index contributed by atoms with van der Waals surface area (Å²) in [5, 5.41) is 10.4. The molecule has 3 nitrogen and oxygen atoms in total. The number of halogens is 1. The molecule has 1 atom stereocenters. The Morgan fingerprint density at radius 3 is 2.47 bits per heavy atom. The molecule has 0 spiro atoms. The van der Waals surface area contributed by atoms with Crippen LogP contribution in [0.4, 0.5) is 0 Å². The van der Waals surface area contributed by atoms with Crippen LogP contribution in [0.2, 0.25) is 5.02 Å². The van der Waals surface area contributed by atoms with Crippen LogP contribution in [0, 0.1) is 0 Å². The third-order valence-corrected chi connectivity index (χ3v) is 2.34. The predicted octanol–water partition coefficient (Wildman–Crippen LogP) is 1.81. The predicted molar refractivity (Wildman–Crippen MR) is 57.8 cm³/mol. The highest BCUT2D eigenvalue weighted by Crippen LogP contribution is 2.16. The molecule has 0 aliphatic rings. The van der Waals surface area contributed by atoms with Crippen LogP contribution in [0.25, 0.3) is 0 Å². The third kappa shape index (κ3) is 3.22. The molecule has 1 N–H and O–H groups in total. The maximum absolute atomic E-state index is 11.2. The number of carbonyl (C=O) groups excluding carboxylic acids is 1. The van der Waals surface area contributed by atoms with Gasteiger partial charge in [0.05, 0.1) is 7.11 Å². The van der Waals surface area contributed by atoms with Crippen LogP contribution in [0.15, 0.2) is 24.3 Å². The largest absolute Gasteiger partial charge is 0.467 e. The summed E-state index contributed by atoms with van der Waals surface area (Å²) in [6, 6.07) is 6.95. The minimum atomic E-state index is -1.50. The van der Waals surface area contributed by atoms with Gasteiger partial charge in [0.1, 0.15) is 0 Å². The molecule has 0 aromatic heterocycles. The van der Waals surface area contributed by atoms with Gasteiger partial charge < -0.3 is 9.84 Å². The van der Waals surface area contributed by atoms with Crippen molar-refractivity contribution in [3.63, 3.8) is 0 Å². The first kappa shape index (κ1) is 12.0. The van der Waals surface area contributed by atoms with E-state index in [1.54, 1.807) is 24.3 Å². The van der Waals surface area contributed by atoms with Crippen molar-refractivity contribution in [3.05, 3.63) is 34.9 Å². The topological polar surface area (TPSA) is 46.5 Å². The van der Waals surface area contributed by atoms with Gasteiger partial charge in [-0.1, -0.05) is 23.7 Å². The van der Waals surface area contributed by atoms with Crippen molar-refractivity contribution in [2.45, 2.75) is 18.9 Å². The van der Waals surface area contributed by atoms with Crippen LogP contribution in [0.1, 0.15) is 12.5 Å². The minimum absolute atomic E-state index is 0.205. The fourth-order valence-electron chi connectivity index (χ4n) is 1.29. The summed E-state index contributed by atoms with van der Waals surface area (Å²) in [7, 11) is 1.25. The lowest BCUT2D eigenvalue weighted by atomic mass is 9.97. The molecule has 0 radical (unpaired) electrons. The first-order valence-corrected chi connectivity index (χ1v) is 4.89. The van der Waals surface area contributed by atoms with Crippen LogP contribution >= 0.6 is 11.6 Å². The van der Waals surface area contributed by atoms with Gasteiger partial charge in [-0.05, 0) is 24.6 Å². The Hall–Kier alpha value is -1.06. The van der Waals surface area contributed by atoms with Crippen molar-refractivity contribution in [2.75, 3.05) is 7.11 Å². The fraction of sp³-hybridized carbons (Fsp3) is 0.364. The first-order chi connectivity index (χ1) is 6.95. The molecular weight excluding hydrogens is 216 g/mol. The molecule has 0 saturated heterocycles. The van der Waals surface area contributed by atoms with Crippen molar-refractivity contribution in [2.24, 2.45) is 0 Å². The summed E-state index contributed by atoms with van der Waals surface area (Å²) < 4.78 is 4.50. The van der Waals surface area contributed by atoms with Gasteiger partial charge in [-0.25, -0.2) is 4.79 Å². The van der Waals surface area contributed by atoms with Gasteiger partial charge in [0.2, 0.25) is 0 Å². The van der Waals surface area contributed by atoms with Crippen molar-refractivity contribution in [3.8, 4) is 0 Å². The molecule has 0 fully saturated rings. The summed E-state index contributed by atoms with van der Waals surface area (Å²) in [5.74, 6) is -0.641. The van der Waals surface area contributed by atoms with Gasteiger partial charge in [-0.15, -0.1) is 0 Å². The minimum Gasteiger partial charge on any atom is -0.467 e. The average Bonchev–Trinajstić information content (AvgIpc) is 2.20. The van der Waals surface area contributed by atoms with E-state index in [9.17, 15) is 9.90 Å². The van der Waals surface area contributed by atoms with E-state index in [2.05, 4.69) is 4.74 Å². The molecule has 0 saturated carbocycles. The quantitative estimate of drug-likeness (QED) is 0.803. The van der Waals surface area contributed by atoms with Gasteiger partial charge in [0.25, 0.3) is 0 Å². The van der Waals surface area contributed by atoms with E-state index in [0.29, 0.717) is 5.02 Å². The lowest BCUT2D eigenvalue weighted by molar-refractivity contribution is -0.160. The highest BCUT2D eigenvalue weighted by molar-refractivity contribution is 6.30. The second kappa shape index (κ2) is 4.64. The molecule has 0 aliphatic carbocycles. The standard InChI is InChI=1S/C11H13ClO3/c1-11(14,10(13)15-2)7-8-3-5-9(12)6-4-8/h3-6,14H,7H2,1-2H3. The molecule has 0 aliphatic heterocycles. The van der Waals surface area contributed by atoms with Crippen LogP contribution in [0.3, 0.4) is 0 Å². The highest BCUT2D eigenvalue weighted by Gasteiger charge is 2.31. The number of aliphatic hydroxyl groups is 1. The van der Waals surface area contributed by atoms with Gasteiger partial charge >= 0.3 is 5.97 Å². The second-order valence-electron chi connectivity index (χ2n) is 3.57. The number of rotatable bonds is 3. The number of hydrogen-bond donors (Lipinski definition) is 1. The zero-order valence-electron chi connectivity index (χ0n) is 8.66. The Bertz CT molecular complexity index is 343. The Labute approximate surface area is 93.6 Å². The average molecular weight is 229 g/mol. The normalized spacial score (nSPS) is 14.4. The third-order valence-electron chi connectivity index (χ3n) is 2.09. The molecule has 1 aromatic carbocycles. The van der Waals surface area contributed by atoms with E-state index in [1.165, 1.54) is 14.0 Å². The number of esters is 1. The molecule has 0 heterocycles. The maximum Gasteiger partial charge on any atom is 0.337 e. The van der Waals surface area contributed by atoms with Crippen molar-refractivity contribution < 1.29 is 14.6 Å². The monoisotopic (exact) mass is 228 g/mol. The number of hydrogen-bond acceptors (Lipinski definition) is 3. The molecule has 0 amide bonds. The first-order valence-electron chi connectivity index (χ1n) is 4.51. The summed E-state index contributed by atoms with van der Waals surface area (Å²) >= 11 is 5.72. The van der Waals surface area contributed by atoms with Crippen molar-refractivity contribution >= 4 is 17.6 Å². The maximum atomic E-state index is 11.2. The lowest BCUT2D eigenvalue weighted by Gasteiger charge is -2.19. The van der Waals surface area contributed by atoms with Crippen molar-refractivity contribution in [1.29, 1.82) is 0 Å². The van der Waals surface area contributed by atoms with Gasteiger partial charge in [-0.3, -0.25) is 0 Å². The van der Waals surface area contributed by atoms with E-state index < -0.39 is 11.6 Å². The fourth-order valence-corrected chi connectivity index (χ4v) is 1.42. The molecule has 1 aromatic rings. The molecule has 15 heavy (non-hydrogen) atoms. The summed E-state index contributed by atoms with van der Waals surface area (Å²) in [4.78, 5) is 11.2. The van der Waals surface area contributed by atoms with Crippen molar-refractivity contribution in [1.82, 2.24) is 0 Å². The zero-order chi connectivity index (χ0) is 11.5. The number of methoxy groups -OCH3 is 1. The number of benzene rings is 1. The highest BCUT2D eigenvalue weighted by atomic mass is 35.5. The van der Waals surface area contributed by atoms with E-state index in [4.69, 9.17) is 11.6 Å². The smallest absolute Gasteiger partial charge is 0.337 e. The van der Waals surface area contributed by atoms with E-state index in [0.717, 1.165) is 5.56 Å². The van der Waals surface area contributed by atoms with Gasteiger partial charge in [0, 0.05) is 11.4 Å². The zero-order valence-corrected chi connectivity index (χ0v) is 9.41. The SMILES string of the molecule is COC(=O)C(C)(O)Cc1ccc(Cl)cc1. The number of carbonyl (C=O) groups is 1.